The molecule has 15 rings (SSSR count). The Balaban J connectivity index is 0.000000300. The first kappa shape index (κ1) is 92.4. The Hall–Kier alpha value is -7.82. The molecule has 3 fully saturated rings. The van der Waals surface area contributed by atoms with Crippen LogP contribution >= 0.6 is 11.8 Å². The minimum Gasteiger partial charge on any atom is -0.470 e. The number of aromatic nitrogens is 2. The topological polar surface area (TPSA) is 126 Å². The molecule has 5 aromatic rings. The zero-order valence-corrected chi connectivity index (χ0v) is 68.5. The Kier molecular flexibility index (Phi) is 52.5. The average molecular weight is 1480 g/mol. The predicted octanol–water partition coefficient (Wildman–Crippen LogP) is 16.8. The highest BCUT2D eigenvalue weighted by Crippen LogP contribution is 2.22. The molecule has 0 aliphatic carbocycles. The number of ether oxygens (including phenoxy) is 2. The molecule has 0 spiro atoms. The second-order valence-electron chi connectivity index (χ2n) is 25.3. The van der Waals surface area contributed by atoms with Crippen LogP contribution < -0.4 is 0 Å². The molecule has 10 aliphatic heterocycles. The van der Waals surface area contributed by atoms with Crippen molar-refractivity contribution in [3.05, 3.63) is 218 Å². The van der Waals surface area contributed by atoms with Crippen molar-refractivity contribution in [2.75, 3.05) is 150 Å². The summed E-state index contributed by atoms with van der Waals surface area (Å²) in [5.74, 6) is 2.26. The number of morpholine rings is 1. The highest BCUT2D eigenvalue weighted by atomic mass is 32.2. The van der Waals surface area contributed by atoms with Crippen LogP contribution in [0, 0.1) is 0 Å². The Morgan fingerprint density at radius 1 is 0.453 bits per heavy atom. The number of imide groups is 1. The number of amides is 2. The van der Waals surface area contributed by atoms with Gasteiger partial charge in [-0.15, -0.1) is 0 Å². The molecule has 0 radical (unpaired) electrons. The van der Waals surface area contributed by atoms with Gasteiger partial charge in [-0.25, -0.2) is 5.06 Å². The lowest BCUT2D eigenvalue weighted by molar-refractivity contribution is -0.0548. The van der Waals surface area contributed by atoms with Crippen LogP contribution in [-0.2, 0) is 45.3 Å². The Morgan fingerprint density at radius 2 is 1.00 bits per heavy atom. The molecule has 588 valence electrons. The first-order chi connectivity index (χ1) is 51.8. The van der Waals surface area contributed by atoms with E-state index in [2.05, 4.69) is 234 Å². The summed E-state index contributed by atoms with van der Waals surface area (Å²) in [5, 5.41) is 6.62. The van der Waals surface area contributed by atoms with Crippen molar-refractivity contribution in [3.8, 4) is 0 Å². The zero-order valence-electron chi connectivity index (χ0n) is 67.6. The maximum absolute atomic E-state index is 11.3. The number of benzene rings is 3. The van der Waals surface area contributed by atoms with E-state index in [1.54, 1.807) is 60.7 Å². The van der Waals surface area contributed by atoms with E-state index >= 15 is 0 Å². The number of rotatable bonds is 12. The van der Waals surface area contributed by atoms with Crippen molar-refractivity contribution in [2.24, 2.45) is 5.16 Å². The summed E-state index contributed by atoms with van der Waals surface area (Å²) in [4.78, 5) is 51.8. The Bertz CT molecular complexity index is 3110. The lowest BCUT2D eigenvalue weighted by atomic mass is 10.1. The number of nitrogens with zero attached hydrogens (tertiary/aromatic N) is 13. The zero-order chi connectivity index (χ0) is 77.0. The maximum atomic E-state index is 11.3. The molecule has 0 unspecified atom stereocenters. The van der Waals surface area contributed by atoms with Crippen LogP contribution in [0.4, 0.5) is 0 Å². The minimum atomic E-state index is -0.212. The molecule has 19 nitrogen and oxygen atoms in total. The molecular formula is C86H137N13O6S. The number of fused-ring (bicyclic) bond motifs is 3. The molecule has 10 aliphatic rings. The third kappa shape index (κ3) is 39.2. The molecule has 106 heavy (non-hydrogen) atoms. The lowest BCUT2D eigenvalue weighted by Crippen LogP contribution is -2.35. The van der Waals surface area contributed by atoms with Gasteiger partial charge in [-0.3, -0.25) is 29.2 Å². The number of hydrogen-bond acceptors (Lipinski definition) is 17. The summed E-state index contributed by atoms with van der Waals surface area (Å²) in [6, 6.07) is 30.2. The van der Waals surface area contributed by atoms with Crippen molar-refractivity contribution >= 4 is 40.8 Å². The van der Waals surface area contributed by atoms with Gasteiger partial charge >= 0.3 is 0 Å². The number of likely N-dealkylation sites (N-methyl/N-ethyl adjacent to an activating group) is 2. The van der Waals surface area contributed by atoms with Gasteiger partial charge in [-0.05, 0) is 178 Å². The molecule has 2 amide bonds. The average Bonchev–Trinajstić information content (AvgIpc) is 1.66. The van der Waals surface area contributed by atoms with Crippen molar-refractivity contribution in [1.29, 1.82) is 0 Å². The number of allylic oxidation sites excluding steroid dienone is 2. The lowest BCUT2D eigenvalue weighted by Gasteiger charge is -2.24. The van der Waals surface area contributed by atoms with Crippen LogP contribution in [0.2, 0.25) is 0 Å². The fraction of sp³-hybridized carbons (Fsp3) is 0.523. The molecule has 0 saturated carbocycles. The van der Waals surface area contributed by atoms with Crippen molar-refractivity contribution < 1.29 is 28.7 Å². The quantitative estimate of drug-likeness (QED) is 0.0868. The predicted molar refractivity (Wildman–Crippen MR) is 448 cm³/mol. The molecule has 3 aromatic carbocycles. The summed E-state index contributed by atoms with van der Waals surface area (Å²) < 4.78 is 14.3. The number of likely N-dealkylation sites (tertiary alicyclic amines) is 1. The van der Waals surface area contributed by atoms with Crippen molar-refractivity contribution in [3.63, 3.8) is 0 Å². The molecule has 0 N–H and O–H groups in total. The van der Waals surface area contributed by atoms with E-state index in [0.29, 0.717) is 11.1 Å². The monoisotopic (exact) mass is 1480 g/mol. The van der Waals surface area contributed by atoms with Gasteiger partial charge in [0.2, 0.25) is 0 Å². The van der Waals surface area contributed by atoms with Gasteiger partial charge in [0.15, 0.2) is 0 Å². The smallest absolute Gasteiger partial charge is 0.261 e. The molecule has 3 saturated heterocycles. The molecule has 0 bridgehead atoms. The van der Waals surface area contributed by atoms with Crippen LogP contribution in [-0.4, -0.2) is 226 Å². The summed E-state index contributed by atoms with van der Waals surface area (Å²) in [6.45, 7) is 55.4. The van der Waals surface area contributed by atoms with Gasteiger partial charge in [0.1, 0.15) is 31.4 Å². The maximum Gasteiger partial charge on any atom is 0.261 e. The van der Waals surface area contributed by atoms with E-state index in [-0.39, 0.29) is 11.8 Å². The van der Waals surface area contributed by atoms with E-state index < -0.39 is 0 Å². The van der Waals surface area contributed by atoms with Gasteiger partial charge in [0.25, 0.3) is 11.8 Å². The van der Waals surface area contributed by atoms with Crippen LogP contribution in [0.1, 0.15) is 154 Å². The number of hydroxylamine groups is 2. The summed E-state index contributed by atoms with van der Waals surface area (Å²) in [7, 11) is 1.49. The van der Waals surface area contributed by atoms with E-state index in [0.717, 1.165) is 103 Å². The summed E-state index contributed by atoms with van der Waals surface area (Å²) in [6.07, 6.45) is 41.2. The van der Waals surface area contributed by atoms with Gasteiger partial charge in [-0.2, -0.15) is 11.8 Å². The number of carbonyl (C=O) groups is 2. The second-order valence-corrected chi connectivity index (χ2v) is 26.5. The second kappa shape index (κ2) is 60.2. The van der Waals surface area contributed by atoms with E-state index in [1.165, 1.54) is 132 Å². The highest BCUT2D eigenvalue weighted by molar-refractivity contribution is 7.99. The normalized spacial score (nSPS) is 16.9. The van der Waals surface area contributed by atoms with E-state index in [9.17, 15) is 9.59 Å². The fourth-order valence-corrected chi connectivity index (χ4v) is 11.9. The van der Waals surface area contributed by atoms with Gasteiger partial charge in [0.05, 0.1) is 30.9 Å². The number of oxime groups is 1. The standard InChI is InChI=1S/C10H13N.C10H11N.C9H7NO2.C6H13NO.2C6H9NO.C6H13NS.C6H13N.2C6H11N.C6H9N.C5H8N2O.C4H10/c1-2-11-7-9-5-3-4-6-10(9)8-11;1-2-11-8-7-9-5-3-4-6-10(9)11;1-10-8(11)6-4-2-3-5-7(6)9(10)12;2*1-2-7-3-5-8-6-4-7;1-2-7-5-3-4-6-8-7;1-2-7-3-5-8-6-4-7;4*1-2-7-5-3-4-6-7;1-2-7-3-4-8-6-5-7;1-3-4-2/h3-6H,2,7-8H2,1H3;3-8H,2H2,1H3;2-5H,1H3;2-6H2,1H3;2*3-6H,2H2,1H3;2-6H2,1H3;2-6H2,1H3;3,5H,2,4,6H2,1H3;3-4H,2,5-6H2,1H3;3-6H,2H2,1H3;3-5H,2H2,1H3;3-4H2,1-2H3. The number of hydrogen-bond donors (Lipinski definition) is 0. The minimum absolute atomic E-state index is 0.212. The van der Waals surface area contributed by atoms with Crippen molar-refractivity contribution in [1.82, 2.24) is 58.3 Å². The number of carbonyl (C=O) groups excluding carboxylic acids is 2. The fourth-order valence-electron chi connectivity index (χ4n) is 11.0. The summed E-state index contributed by atoms with van der Waals surface area (Å²) in [5.41, 5.74) is 5.36. The largest absolute Gasteiger partial charge is 0.470 e. The highest BCUT2D eigenvalue weighted by Gasteiger charge is 2.31. The SMILES string of the molecule is CCCC.CCN1C=CC=CO1.CCN1C=CCC1.CCN1C=COC=C1.CCN1C=CON=C1.CCN1CC=CC1.CCN1CCCC1.CCN1CCOCC1.CCN1CCSCC1.CCN1Cc2ccccc2C1.CCn1ccc2ccccc21.CCn1cccc1.CN1C(=O)c2ccccc2C1=O. The molecular weight excluding hydrogens is 1340 g/mol. The Morgan fingerprint density at radius 3 is 1.40 bits per heavy atom. The van der Waals surface area contributed by atoms with Crippen LogP contribution in [0.25, 0.3) is 10.9 Å². The summed E-state index contributed by atoms with van der Waals surface area (Å²) >= 11 is 2.07. The van der Waals surface area contributed by atoms with Gasteiger partial charge in [-0.1, -0.05) is 139 Å². The van der Waals surface area contributed by atoms with Crippen LogP contribution in [0.3, 0.4) is 0 Å². The number of para-hydroxylation sites is 1. The third-order valence-corrected chi connectivity index (χ3v) is 19.2. The van der Waals surface area contributed by atoms with Crippen LogP contribution in [0.15, 0.2) is 201 Å². The van der Waals surface area contributed by atoms with Crippen molar-refractivity contribution in [2.45, 2.75) is 148 Å². The first-order valence-corrected chi connectivity index (χ1v) is 40.6. The molecule has 12 heterocycles. The Labute approximate surface area is 645 Å². The van der Waals surface area contributed by atoms with Gasteiger partial charge < -0.3 is 52.8 Å². The number of unbranched alkanes of at least 4 members (excludes halogenated alkanes) is 1. The molecule has 20 heteroatoms. The molecule has 0 atom stereocenters. The van der Waals surface area contributed by atoms with Crippen LogP contribution in [0.5, 0.6) is 0 Å². The number of thioether (sulfide) groups is 1. The van der Waals surface area contributed by atoms with E-state index in [1.807, 2.05) is 72.7 Å². The van der Waals surface area contributed by atoms with E-state index in [4.69, 9.17) is 14.3 Å². The number of aryl methyl sites for hydroxylation is 2. The molecule has 2 aromatic heterocycles. The van der Waals surface area contributed by atoms with Gasteiger partial charge in [0, 0.05) is 159 Å². The third-order valence-electron chi connectivity index (χ3n) is 18.2. The first-order valence-electron chi connectivity index (χ1n) is 39.4.